The van der Waals surface area contributed by atoms with E-state index in [0.717, 1.165) is 11.7 Å². The molecule has 0 radical (unpaired) electrons. The number of hydrogen-bond donors (Lipinski definition) is 1. The van der Waals surface area contributed by atoms with E-state index in [-0.39, 0.29) is 6.04 Å². The Morgan fingerprint density at radius 3 is 2.64 bits per heavy atom. The zero-order chi connectivity index (χ0) is 9.97. The Morgan fingerprint density at radius 1 is 1.36 bits per heavy atom. The van der Waals surface area contributed by atoms with Crippen molar-refractivity contribution in [3.63, 3.8) is 0 Å². The fourth-order valence-corrected chi connectivity index (χ4v) is 2.36. The van der Waals surface area contributed by atoms with Crippen LogP contribution in [0.5, 0.6) is 0 Å². The minimum Gasteiger partial charge on any atom is -0.468 e. The smallest absolute Gasteiger partial charge is 0.120 e. The summed E-state index contributed by atoms with van der Waals surface area (Å²) in [6, 6.07) is 4.01. The first-order valence-electron chi connectivity index (χ1n) is 5.56. The molecule has 2 heteroatoms. The first kappa shape index (κ1) is 9.78. The van der Waals surface area contributed by atoms with Crippen molar-refractivity contribution in [2.45, 2.75) is 38.6 Å². The highest BCUT2D eigenvalue weighted by atomic mass is 16.3. The molecule has 78 valence electrons. The molecule has 1 atom stereocenters. The number of hydrogen-bond acceptors (Lipinski definition) is 2. The van der Waals surface area contributed by atoms with Crippen molar-refractivity contribution in [1.29, 1.82) is 0 Å². The molecule has 1 saturated carbocycles. The quantitative estimate of drug-likeness (QED) is 0.783. The minimum absolute atomic E-state index is 0.109. The van der Waals surface area contributed by atoms with E-state index in [1.807, 2.05) is 12.1 Å². The van der Waals surface area contributed by atoms with Gasteiger partial charge in [-0.3, -0.25) is 0 Å². The molecule has 0 amide bonds. The second kappa shape index (κ2) is 4.18. The van der Waals surface area contributed by atoms with Crippen LogP contribution in [0.15, 0.2) is 22.8 Å². The predicted molar refractivity (Wildman–Crippen MR) is 56.8 cm³/mol. The van der Waals surface area contributed by atoms with Crippen molar-refractivity contribution in [3.8, 4) is 0 Å². The molecule has 0 aliphatic heterocycles. The zero-order valence-electron chi connectivity index (χ0n) is 8.78. The highest BCUT2D eigenvalue weighted by Crippen LogP contribution is 2.35. The molecule has 1 aromatic rings. The van der Waals surface area contributed by atoms with Crippen molar-refractivity contribution >= 4 is 0 Å². The van der Waals surface area contributed by atoms with Crippen LogP contribution in [0.3, 0.4) is 0 Å². The zero-order valence-corrected chi connectivity index (χ0v) is 8.78. The number of furan rings is 1. The van der Waals surface area contributed by atoms with Crippen molar-refractivity contribution in [1.82, 2.24) is 0 Å². The van der Waals surface area contributed by atoms with Crippen LogP contribution < -0.4 is 5.73 Å². The summed E-state index contributed by atoms with van der Waals surface area (Å²) in [6.45, 7) is 2.33. The Hall–Kier alpha value is -0.760. The van der Waals surface area contributed by atoms with Crippen molar-refractivity contribution < 1.29 is 4.42 Å². The lowest BCUT2D eigenvalue weighted by molar-refractivity contribution is 0.239. The maximum atomic E-state index is 6.17. The van der Waals surface area contributed by atoms with Crippen molar-refractivity contribution in [2.75, 3.05) is 0 Å². The van der Waals surface area contributed by atoms with Crippen LogP contribution in [-0.2, 0) is 0 Å². The van der Waals surface area contributed by atoms with Gasteiger partial charge in [0.05, 0.1) is 12.3 Å². The summed E-state index contributed by atoms with van der Waals surface area (Å²) >= 11 is 0. The topological polar surface area (TPSA) is 39.2 Å². The lowest BCUT2D eigenvalue weighted by Gasteiger charge is -2.29. The molecule has 0 bridgehead atoms. The van der Waals surface area contributed by atoms with Gasteiger partial charge in [0.2, 0.25) is 0 Å². The van der Waals surface area contributed by atoms with Gasteiger partial charge in [-0.1, -0.05) is 19.8 Å². The van der Waals surface area contributed by atoms with Gasteiger partial charge in [-0.25, -0.2) is 0 Å². The van der Waals surface area contributed by atoms with Gasteiger partial charge in [0.25, 0.3) is 0 Å². The molecule has 2 rings (SSSR count). The van der Waals surface area contributed by atoms with Gasteiger partial charge >= 0.3 is 0 Å². The van der Waals surface area contributed by atoms with E-state index in [2.05, 4.69) is 6.92 Å². The van der Waals surface area contributed by atoms with Crippen LogP contribution in [0.1, 0.15) is 44.4 Å². The lowest BCUT2D eigenvalue weighted by atomic mass is 9.79. The average Bonchev–Trinajstić information content (AvgIpc) is 2.71. The van der Waals surface area contributed by atoms with E-state index in [4.69, 9.17) is 10.2 Å². The van der Waals surface area contributed by atoms with Crippen molar-refractivity contribution in [2.24, 2.45) is 17.6 Å². The third kappa shape index (κ3) is 2.01. The number of rotatable bonds is 2. The van der Waals surface area contributed by atoms with Crippen LogP contribution in [0.4, 0.5) is 0 Å². The SMILES string of the molecule is CC1CCC(C(N)c2ccco2)CC1. The molecule has 1 fully saturated rings. The second-order valence-corrected chi connectivity index (χ2v) is 4.56. The summed E-state index contributed by atoms with van der Waals surface area (Å²) in [5.41, 5.74) is 6.17. The summed E-state index contributed by atoms with van der Waals surface area (Å²) in [5, 5.41) is 0. The Morgan fingerprint density at radius 2 is 2.07 bits per heavy atom. The summed E-state index contributed by atoms with van der Waals surface area (Å²) in [4.78, 5) is 0. The molecule has 1 unspecified atom stereocenters. The normalized spacial score (nSPS) is 30.1. The molecule has 0 saturated heterocycles. The van der Waals surface area contributed by atoms with Gasteiger partial charge in [-0.15, -0.1) is 0 Å². The lowest BCUT2D eigenvalue weighted by Crippen LogP contribution is -2.25. The van der Waals surface area contributed by atoms with Gasteiger partial charge in [-0.05, 0) is 36.8 Å². The summed E-state index contributed by atoms with van der Waals surface area (Å²) in [6.07, 6.45) is 6.85. The molecule has 1 aliphatic rings. The molecule has 1 aliphatic carbocycles. The Labute approximate surface area is 85.5 Å². The van der Waals surface area contributed by atoms with Crippen LogP contribution in [0, 0.1) is 11.8 Å². The van der Waals surface area contributed by atoms with E-state index >= 15 is 0 Å². The first-order chi connectivity index (χ1) is 6.77. The van der Waals surface area contributed by atoms with Gasteiger partial charge < -0.3 is 10.2 Å². The standard InChI is InChI=1S/C12H19NO/c1-9-4-6-10(7-5-9)12(13)11-3-2-8-14-11/h2-3,8-10,12H,4-7,13H2,1H3. The number of nitrogens with two attached hydrogens (primary N) is 1. The van der Waals surface area contributed by atoms with E-state index in [0.29, 0.717) is 5.92 Å². The van der Waals surface area contributed by atoms with Gasteiger partial charge in [0.15, 0.2) is 0 Å². The molecule has 14 heavy (non-hydrogen) atoms. The van der Waals surface area contributed by atoms with Gasteiger partial charge in [0, 0.05) is 0 Å². The third-order valence-electron chi connectivity index (χ3n) is 3.44. The molecule has 0 aromatic carbocycles. The van der Waals surface area contributed by atoms with E-state index in [9.17, 15) is 0 Å². The molecule has 0 spiro atoms. The summed E-state index contributed by atoms with van der Waals surface area (Å²) in [7, 11) is 0. The van der Waals surface area contributed by atoms with Gasteiger partial charge in [-0.2, -0.15) is 0 Å². The van der Waals surface area contributed by atoms with Crippen LogP contribution in [0.25, 0.3) is 0 Å². The first-order valence-corrected chi connectivity index (χ1v) is 5.56. The molecule has 2 nitrogen and oxygen atoms in total. The second-order valence-electron chi connectivity index (χ2n) is 4.56. The summed E-state index contributed by atoms with van der Waals surface area (Å²) < 4.78 is 5.35. The minimum atomic E-state index is 0.109. The van der Waals surface area contributed by atoms with Crippen molar-refractivity contribution in [3.05, 3.63) is 24.2 Å². The maximum Gasteiger partial charge on any atom is 0.120 e. The fraction of sp³-hybridized carbons (Fsp3) is 0.667. The van der Waals surface area contributed by atoms with Gasteiger partial charge in [0.1, 0.15) is 5.76 Å². The van der Waals surface area contributed by atoms with Crippen LogP contribution in [0.2, 0.25) is 0 Å². The van der Waals surface area contributed by atoms with E-state index < -0.39 is 0 Å². The molecule has 2 N–H and O–H groups in total. The molecule has 1 aromatic heterocycles. The van der Waals surface area contributed by atoms with E-state index in [1.54, 1.807) is 6.26 Å². The Bertz CT molecular complexity index is 260. The average molecular weight is 193 g/mol. The molecular weight excluding hydrogens is 174 g/mol. The molecule has 1 heterocycles. The maximum absolute atomic E-state index is 6.17. The third-order valence-corrected chi connectivity index (χ3v) is 3.44. The fourth-order valence-electron chi connectivity index (χ4n) is 2.36. The molecular formula is C12H19NO. The van der Waals surface area contributed by atoms with E-state index in [1.165, 1.54) is 25.7 Å². The predicted octanol–water partition coefficient (Wildman–Crippen LogP) is 3.11. The summed E-state index contributed by atoms with van der Waals surface area (Å²) in [5.74, 6) is 2.46. The monoisotopic (exact) mass is 193 g/mol. The van der Waals surface area contributed by atoms with Crippen LogP contribution in [-0.4, -0.2) is 0 Å². The van der Waals surface area contributed by atoms with Crippen LogP contribution >= 0.6 is 0 Å². The highest BCUT2D eigenvalue weighted by Gasteiger charge is 2.25. The Kier molecular flexibility index (Phi) is 2.92. The highest BCUT2D eigenvalue weighted by molar-refractivity contribution is 5.05. The largest absolute Gasteiger partial charge is 0.468 e. The Balaban J connectivity index is 1.95.